The van der Waals surface area contributed by atoms with E-state index in [1.807, 2.05) is 21.0 Å². The zero-order chi connectivity index (χ0) is 13.7. The summed E-state index contributed by atoms with van der Waals surface area (Å²) in [6.07, 6.45) is 1.58. The number of urea groups is 1. The maximum absolute atomic E-state index is 12.0. The first-order chi connectivity index (χ1) is 8.43. The van der Waals surface area contributed by atoms with Crippen LogP contribution >= 0.6 is 0 Å². The molecule has 0 bridgehead atoms. The van der Waals surface area contributed by atoms with E-state index in [1.54, 1.807) is 4.90 Å². The number of carboxylic acid groups (broad SMARTS) is 1. The van der Waals surface area contributed by atoms with Crippen LogP contribution in [0.15, 0.2) is 0 Å². The van der Waals surface area contributed by atoms with Crippen LogP contribution in [0.2, 0.25) is 0 Å². The third kappa shape index (κ3) is 4.18. The van der Waals surface area contributed by atoms with Gasteiger partial charge in [0.1, 0.15) is 0 Å². The lowest BCUT2D eigenvalue weighted by atomic mass is 10.1. The molecule has 0 spiro atoms. The highest BCUT2D eigenvalue weighted by Crippen LogP contribution is 2.13. The van der Waals surface area contributed by atoms with E-state index >= 15 is 0 Å². The fourth-order valence-corrected chi connectivity index (χ4v) is 2.12. The molecule has 1 heterocycles. The molecule has 104 valence electrons. The number of hydrogen-bond acceptors (Lipinski definition) is 3. The second-order valence-corrected chi connectivity index (χ2v) is 5.00. The lowest BCUT2D eigenvalue weighted by Gasteiger charge is -2.23. The van der Waals surface area contributed by atoms with Crippen molar-refractivity contribution in [3.05, 3.63) is 0 Å². The van der Waals surface area contributed by atoms with Crippen molar-refractivity contribution in [2.45, 2.75) is 38.3 Å². The van der Waals surface area contributed by atoms with Crippen molar-refractivity contribution in [2.75, 3.05) is 27.2 Å². The van der Waals surface area contributed by atoms with Crippen LogP contribution < -0.4 is 5.32 Å². The van der Waals surface area contributed by atoms with Gasteiger partial charge < -0.3 is 20.2 Å². The van der Waals surface area contributed by atoms with Gasteiger partial charge in [0.05, 0.1) is 6.42 Å². The van der Waals surface area contributed by atoms with E-state index in [-0.39, 0.29) is 18.5 Å². The Labute approximate surface area is 108 Å². The molecule has 1 fully saturated rings. The number of hydrogen-bond donors (Lipinski definition) is 2. The van der Waals surface area contributed by atoms with Crippen molar-refractivity contribution in [2.24, 2.45) is 0 Å². The van der Waals surface area contributed by atoms with Gasteiger partial charge in [-0.3, -0.25) is 4.79 Å². The van der Waals surface area contributed by atoms with Gasteiger partial charge in [-0.1, -0.05) is 6.92 Å². The van der Waals surface area contributed by atoms with Gasteiger partial charge in [0.25, 0.3) is 0 Å². The minimum absolute atomic E-state index is 0.0206. The summed E-state index contributed by atoms with van der Waals surface area (Å²) in [5.41, 5.74) is 0. The summed E-state index contributed by atoms with van der Waals surface area (Å²) < 4.78 is 0. The van der Waals surface area contributed by atoms with Crippen molar-refractivity contribution in [3.8, 4) is 0 Å². The summed E-state index contributed by atoms with van der Waals surface area (Å²) in [4.78, 5) is 26.5. The quantitative estimate of drug-likeness (QED) is 0.756. The van der Waals surface area contributed by atoms with E-state index in [0.29, 0.717) is 19.0 Å². The number of likely N-dealkylation sites (tertiary alicyclic amines) is 1. The summed E-state index contributed by atoms with van der Waals surface area (Å²) in [6, 6.07) is -0.0313. The molecular formula is C12H23N3O3. The molecule has 1 rings (SSSR count). The molecule has 6 heteroatoms. The highest BCUT2D eigenvalue weighted by atomic mass is 16.4. The Morgan fingerprint density at radius 3 is 2.61 bits per heavy atom. The molecule has 2 amide bonds. The van der Waals surface area contributed by atoms with Crippen molar-refractivity contribution in [1.82, 2.24) is 15.1 Å². The molecule has 6 nitrogen and oxygen atoms in total. The van der Waals surface area contributed by atoms with E-state index in [4.69, 9.17) is 5.11 Å². The van der Waals surface area contributed by atoms with Crippen LogP contribution in [-0.2, 0) is 4.79 Å². The van der Waals surface area contributed by atoms with Crippen LogP contribution in [0, 0.1) is 0 Å². The summed E-state index contributed by atoms with van der Waals surface area (Å²) in [5.74, 6) is -0.880. The second-order valence-electron chi connectivity index (χ2n) is 5.00. The van der Waals surface area contributed by atoms with Gasteiger partial charge >= 0.3 is 12.0 Å². The van der Waals surface area contributed by atoms with Crippen LogP contribution in [0.5, 0.6) is 0 Å². The monoisotopic (exact) mass is 257 g/mol. The van der Waals surface area contributed by atoms with Crippen LogP contribution in [0.25, 0.3) is 0 Å². The fraction of sp³-hybridized carbons (Fsp3) is 0.833. The molecule has 0 aromatic heterocycles. The average Bonchev–Trinajstić information content (AvgIpc) is 2.76. The molecule has 0 aromatic carbocycles. The van der Waals surface area contributed by atoms with E-state index in [9.17, 15) is 9.59 Å². The second kappa shape index (κ2) is 6.58. The number of carbonyl (C=O) groups is 2. The molecule has 2 unspecified atom stereocenters. The van der Waals surface area contributed by atoms with Gasteiger partial charge in [0.2, 0.25) is 0 Å². The third-order valence-corrected chi connectivity index (χ3v) is 3.42. The van der Waals surface area contributed by atoms with Crippen LogP contribution in [0.4, 0.5) is 4.79 Å². The minimum Gasteiger partial charge on any atom is -0.481 e. The number of rotatable bonds is 5. The smallest absolute Gasteiger partial charge is 0.317 e. The lowest BCUT2D eigenvalue weighted by molar-refractivity contribution is -0.137. The molecular weight excluding hydrogens is 234 g/mol. The third-order valence-electron chi connectivity index (χ3n) is 3.42. The number of carbonyl (C=O) groups excluding carboxylic acids is 1. The Hall–Kier alpha value is -1.30. The van der Waals surface area contributed by atoms with Crippen molar-refractivity contribution < 1.29 is 14.7 Å². The van der Waals surface area contributed by atoms with Gasteiger partial charge in [-0.05, 0) is 26.9 Å². The number of aliphatic carboxylic acids is 1. The number of nitrogens with one attached hydrogen (secondary N) is 1. The largest absolute Gasteiger partial charge is 0.481 e. The van der Waals surface area contributed by atoms with E-state index in [1.165, 1.54) is 0 Å². The predicted octanol–water partition coefficient (Wildman–Crippen LogP) is 0.585. The first-order valence-corrected chi connectivity index (χ1v) is 6.37. The average molecular weight is 257 g/mol. The number of carboxylic acids is 1. The number of likely N-dealkylation sites (N-methyl/N-ethyl adjacent to an activating group) is 1. The predicted molar refractivity (Wildman–Crippen MR) is 68.5 cm³/mol. The Balaban J connectivity index is 2.43. The van der Waals surface area contributed by atoms with Crippen LogP contribution in [0.1, 0.15) is 26.2 Å². The Morgan fingerprint density at radius 2 is 2.17 bits per heavy atom. The highest BCUT2D eigenvalue weighted by molar-refractivity contribution is 5.76. The molecule has 0 aliphatic carbocycles. The fourth-order valence-electron chi connectivity index (χ4n) is 2.12. The lowest BCUT2D eigenvalue weighted by Crippen LogP contribution is -2.45. The Bertz CT molecular complexity index is 307. The molecule has 1 aliphatic heterocycles. The van der Waals surface area contributed by atoms with Gasteiger partial charge in [-0.25, -0.2) is 4.79 Å². The number of nitrogens with zero attached hydrogens (tertiary/aromatic N) is 2. The normalized spacial score (nSPS) is 21.1. The topological polar surface area (TPSA) is 72.9 Å². The molecule has 0 saturated carbocycles. The molecule has 2 atom stereocenters. The maximum atomic E-state index is 12.0. The first kappa shape index (κ1) is 14.8. The Kier molecular flexibility index (Phi) is 5.40. The molecule has 18 heavy (non-hydrogen) atoms. The van der Waals surface area contributed by atoms with Gasteiger partial charge in [-0.2, -0.15) is 0 Å². The van der Waals surface area contributed by atoms with Gasteiger partial charge in [0, 0.05) is 25.2 Å². The van der Waals surface area contributed by atoms with Gasteiger partial charge in [-0.15, -0.1) is 0 Å². The molecule has 1 saturated heterocycles. The molecule has 0 aromatic rings. The van der Waals surface area contributed by atoms with Crippen LogP contribution in [0.3, 0.4) is 0 Å². The molecule has 1 aliphatic rings. The van der Waals surface area contributed by atoms with Crippen LogP contribution in [-0.4, -0.2) is 66.2 Å². The van der Waals surface area contributed by atoms with Crippen molar-refractivity contribution in [1.29, 1.82) is 0 Å². The van der Waals surface area contributed by atoms with Gasteiger partial charge in [0.15, 0.2) is 0 Å². The van der Waals surface area contributed by atoms with E-state index in [2.05, 4.69) is 10.2 Å². The standard InChI is InChI=1S/C12H23N3O3/c1-4-9(7-11(16)17)13-12(18)15-6-5-10(8-15)14(2)3/h9-10H,4-8H2,1-3H3,(H,13,18)(H,16,17). The SMILES string of the molecule is CCC(CC(=O)O)NC(=O)N1CCC(N(C)C)C1. The zero-order valence-electron chi connectivity index (χ0n) is 11.3. The van der Waals surface area contributed by atoms with Crippen molar-refractivity contribution in [3.63, 3.8) is 0 Å². The summed E-state index contributed by atoms with van der Waals surface area (Å²) >= 11 is 0. The highest BCUT2D eigenvalue weighted by Gasteiger charge is 2.28. The number of amides is 2. The Morgan fingerprint density at radius 1 is 1.50 bits per heavy atom. The van der Waals surface area contributed by atoms with Crippen molar-refractivity contribution >= 4 is 12.0 Å². The molecule has 2 N–H and O–H groups in total. The summed E-state index contributed by atoms with van der Waals surface area (Å²) in [6.45, 7) is 3.32. The maximum Gasteiger partial charge on any atom is 0.317 e. The zero-order valence-corrected chi connectivity index (χ0v) is 11.3. The van der Waals surface area contributed by atoms with E-state index in [0.717, 1.165) is 13.0 Å². The summed E-state index contributed by atoms with van der Waals surface area (Å²) in [5, 5.41) is 11.5. The first-order valence-electron chi connectivity index (χ1n) is 6.37. The minimum atomic E-state index is -0.880. The van der Waals surface area contributed by atoms with E-state index < -0.39 is 5.97 Å². The summed E-state index contributed by atoms with van der Waals surface area (Å²) in [7, 11) is 4.01. The molecule has 0 radical (unpaired) electrons.